The van der Waals surface area contributed by atoms with Crippen molar-refractivity contribution in [3.05, 3.63) is 18.2 Å². The molecule has 0 spiro atoms. The first-order valence-electron chi connectivity index (χ1n) is 8.57. The molecule has 0 saturated carbocycles. The minimum atomic E-state index is -4.07. The molecule has 1 aromatic rings. The number of carbonyl (C=O) groups excluding carboxylic acids is 1. The fourth-order valence-electron chi connectivity index (χ4n) is 2.36. The molecule has 0 amide bonds. The van der Waals surface area contributed by atoms with Gasteiger partial charge in [0, 0.05) is 12.5 Å². The van der Waals surface area contributed by atoms with E-state index in [-0.39, 0.29) is 16.4 Å². The molecule has 1 aromatic carbocycles. The molecule has 0 unspecified atom stereocenters. The molecule has 0 saturated heterocycles. The van der Waals surface area contributed by atoms with E-state index in [1.807, 2.05) is 0 Å². The Balaban J connectivity index is 2.51. The molecule has 0 N–H and O–H groups in total. The second kappa shape index (κ2) is 11.1. The maximum absolute atomic E-state index is 12.3. The first-order chi connectivity index (χ1) is 11.9. The van der Waals surface area contributed by atoms with Crippen molar-refractivity contribution < 1.29 is 26.9 Å². The zero-order chi connectivity index (χ0) is 18.7. The van der Waals surface area contributed by atoms with Crippen LogP contribution in [0.2, 0.25) is 0 Å². The maximum Gasteiger partial charge on any atom is 0.301 e. The first-order valence-corrected chi connectivity index (χ1v) is 9.98. The van der Waals surface area contributed by atoms with Crippen LogP contribution in [-0.2, 0) is 19.1 Å². The van der Waals surface area contributed by atoms with E-state index in [1.54, 1.807) is 0 Å². The normalized spacial score (nSPS) is 11.3. The second-order valence-electron chi connectivity index (χ2n) is 5.79. The lowest BCUT2D eigenvalue weighted by molar-refractivity contribution is -0.121. The van der Waals surface area contributed by atoms with Crippen LogP contribution >= 0.6 is 0 Å². The van der Waals surface area contributed by atoms with E-state index in [9.17, 15) is 13.2 Å². The monoisotopic (exact) mass is 372 g/mol. The van der Waals surface area contributed by atoms with Crippen LogP contribution in [0, 0.1) is 0 Å². The van der Waals surface area contributed by atoms with Gasteiger partial charge in [-0.1, -0.05) is 39.0 Å². The molecule has 0 aliphatic heterocycles. The van der Waals surface area contributed by atoms with Crippen molar-refractivity contribution in [3.8, 4) is 11.5 Å². The van der Waals surface area contributed by atoms with Gasteiger partial charge in [-0.2, -0.15) is 8.42 Å². The van der Waals surface area contributed by atoms with E-state index in [0.29, 0.717) is 12.2 Å². The Labute approximate surface area is 150 Å². The third-order valence-electron chi connectivity index (χ3n) is 3.82. The Bertz CT molecular complexity index is 639. The Morgan fingerprint density at radius 2 is 1.68 bits per heavy atom. The highest BCUT2D eigenvalue weighted by molar-refractivity contribution is 7.86. The van der Waals surface area contributed by atoms with Crippen molar-refractivity contribution in [3.63, 3.8) is 0 Å². The van der Waals surface area contributed by atoms with Crippen LogP contribution in [0.5, 0.6) is 11.5 Å². The fourth-order valence-corrected chi connectivity index (χ4v) is 3.40. The van der Waals surface area contributed by atoms with Crippen molar-refractivity contribution in [2.45, 2.75) is 56.8 Å². The van der Waals surface area contributed by atoms with Gasteiger partial charge in [0.1, 0.15) is 23.0 Å². The van der Waals surface area contributed by atoms with Gasteiger partial charge >= 0.3 is 10.1 Å². The Morgan fingerprint density at radius 1 is 1.00 bits per heavy atom. The Morgan fingerprint density at radius 3 is 2.32 bits per heavy atom. The Hall–Kier alpha value is -1.60. The van der Waals surface area contributed by atoms with Gasteiger partial charge in [0.25, 0.3) is 0 Å². The summed E-state index contributed by atoms with van der Waals surface area (Å²) in [4.78, 5) is 11.7. The van der Waals surface area contributed by atoms with E-state index >= 15 is 0 Å². The summed E-state index contributed by atoms with van der Waals surface area (Å²) < 4.78 is 39.5. The van der Waals surface area contributed by atoms with Crippen molar-refractivity contribution in [2.75, 3.05) is 20.8 Å². The SMILES string of the molecule is CCCCCCCCC(=O)COS(=O)(=O)c1ccc(OC)cc1OC. The molecule has 0 bridgehead atoms. The summed E-state index contributed by atoms with van der Waals surface area (Å²) >= 11 is 0. The lowest BCUT2D eigenvalue weighted by atomic mass is 10.1. The molecule has 0 heterocycles. The summed E-state index contributed by atoms with van der Waals surface area (Å²) in [5.74, 6) is 0.365. The van der Waals surface area contributed by atoms with Crippen LogP contribution in [0.4, 0.5) is 0 Å². The van der Waals surface area contributed by atoms with Gasteiger partial charge in [-0.05, 0) is 18.6 Å². The van der Waals surface area contributed by atoms with Crippen LogP contribution in [0.15, 0.2) is 23.1 Å². The van der Waals surface area contributed by atoms with Gasteiger partial charge in [-0.15, -0.1) is 0 Å². The maximum atomic E-state index is 12.3. The minimum absolute atomic E-state index is 0.114. The standard InChI is InChI=1S/C18H28O6S/c1-4-5-6-7-8-9-10-15(19)14-24-25(20,21)18-12-11-16(22-2)13-17(18)23-3/h11-13H,4-10,14H2,1-3H3. The summed E-state index contributed by atoms with van der Waals surface area (Å²) in [7, 11) is -1.24. The molecule has 0 atom stereocenters. The number of ketones is 1. The topological polar surface area (TPSA) is 78.9 Å². The summed E-state index contributed by atoms with van der Waals surface area (Å²) in [6.07, 6.45) is 6.73. The average molecular weight is 372 g/mol. The van der Waals surface area contributed by atoms with Crippen LogP contribution < -0.4 is 9.47 Å². The highest BCUT2D eigenvalue weighted by atomic mass is 32.2. The van der Waals surface area contributed by atoms with Gasteiger partial charge in [0.15, 0.2) is 5.78 Å². The zero-order valence-corrected chi connectivity index (χ0v) is 16.1. The fraction of sp³-hybridized carbons (Fsp3) is 0.611. The summed E-state index contributed by atoms with van der Waals surface area (Å²) in [5, 5.41) is 0. The van der Waals surface area contributed by atoms with Crippen LogP contribution in [-0.4, -0.2) is 35.0 Å². The second-order valence-corrected chi connectivity index (χ2v) is 7.37. The van der Waals surface area contributed by atoms with E-state index in [0.717, 1.165) is 19.3 Å². The third-order valence-corrected chi connectivity index (χ3v) is 5.13. The van der Waals surface area contributed by atoms with E-state index in [4.69, 9.17) is 13.7 Å². The minimum Gasteiger partial charge on any atom is -0.497 e. The summed E-state index contributed by atoms with van der Waals surface area (Å²) in [6.45, 7) is 1.70. The predicted octanol–water partition coefficient (Wildman–Crippen LogP) is 3.73. The lowest BCUT2D eigenvalue weighted by Crippen LogP contribution is -2.15. The number of Topliss-reactive ketones (excluding diaryl/α,β-unsaturated/α-hetero) is 1. The summed E-state index contributed by atoms with van der Waals surface area (Å²) in [6, 6.07) is 4.29. The largest absolute Gasteiger partial charge is 0.497 e. The van der Waals surface area contributed by atoms with Gasteiger partial charge in [-0.25, -0.2) is 0 Å². The quantitative estimate of drug-likeness (QED) is 0.388. The predicted molar refractivity (Wildman–Crippen MR) is 95.7 cm³/mol. The van der Waals surface area contributed by atoms with Gasteiger partial charge < -0.3 is 9.47 Å². The molecule has 0 aliphatic carbocycles. The molecule has 0 fully saturated rings. The highest BCUT2D eigenvalue weighted by Gasteiger charge is 2.22. The van der Waals surface area contributed by atoms with Gasteiger partial charge in [-0.3, -0.25) is 8.98 Å². The van der Waals surface area contributed by atoms with Crippen LogP contribution in [0.25, 0.3) is 0 Å². The van der Waals surface area contributed by atoms with Crippen LogP contribution in [0.3, 0.4) is 0 Å². The number of hydrogen-bond donors (Lipinski definition) is 0. The molecule has 25 heavy (non-hydrogen) atoms. The molecule has 0 aromatic heterocycles. The molecule has 1 rings (SSSR count). The number of ether oxygens (including phenoxy) is 2. The highest BCUT2D eigenvalue weighted by Crippen LogP contribution is 2.29. The number of benzene rings is 1. The van der Waals surface area contributed by atoms with Crippen LogP contribution in [0.1, 0.15) is 51.9 Å². The number of methoxy groups -OCH3 is 2. The molecule has 0 radical (unpaired) electrons. The first kappa shape index (κ1) is 21.4. The van der Waals surface area contributed by atoms with E-state index in [2.05, 4.69) is 6.92 Å². The summed E-state index contributed by atoms with van der Waals surface area (Å²) in [5.41, 5.74) is 0. The molecule has 7 heteroatoms. The molecule has 6 nitrogen and oxygen atoms in total. The number of carbonyl (C=O) groups is 1. The lowest BCUT2D eigenvalue weighted by Gasteiger charge is -2.11. The third kappa shape index (κ3) is 7.44. The zero-order valence-electron chi connectivity index (χ0n) is 15.2. The number of unbranched alkanes of at least 4 members (excludes halogenated alkanes) is 5. The van der Waals surface area contributed by atoms with E-state index < -0.39 is 16.7 Å². The van der Waals surface area contributed by atoms with Gasteiger partial charge in [0.05, 0.1) is 14.2 Å². The Kier molecular flexibility index (Phi) is 9.52. The number of hydrogen-bond acceptors (Lipinski definition) is 6. The van der Waals surface area contributed by atoms with Crippen molar-refractivity contribution in [1.29, 1.82) is 0 Å². The molecular weight excluding hydrogens is 344 g/mol. The molecule has 142 valence electrons. The van der Waals surface area contributed by atoms with Crippen molar-refractivity contribution >= 4 is 15.9 Å². The van der Waals surface area contributed by atoms with Crippen molar-refractivity contribution in [2.24, 2.45) is 0 Å². The number of rotatable bonds is 13. The van der Waals surface area contributed by atoms with Crippen molar-refractivity contribution in [1.82, 2.24) is 0 Å². The van der Waals surface area contributed by atoms with Gasteiger partial charge in [0.2, 0.25) is 0 Å². The van der Waals surface area contributed by atoms with E-state index in [1.165, 1.54) is 51.7 Å². The molecular formula is C18H28O6S. The molecule has 0 aliphatic rings. The average Bonchev–Trinajstić information content (AvgIpc) is 2.62. The smallest absolute Gasteiger partial charge is 0.301 e.